The molecule has 0 spiro atoms. The molecule has 0 radical (unpaired) electrons. The Morgan fingerprint density at radius 3 is 2.74 bits per heavy atom. The first-order valence-corrected chi connectivity index (χ1v) is 10.7. The Morgan fingerprint density at radius 2 is 2.00 bits per heavy atom. The van der Waals surface area contributed by atoms with E-state index in [-0.39, 0.29) is 42.5 Å². The van der Waals surface area contributed by atoms with Crippen LogP contribution in [-0.2, 0) is 28.1 Å². The molecule has 1 atom stereocenters. The van der Waals surface area contributed by atoms with Crippen LogP contribution in [0.2, 0.25) is 0 Å². The number of ether oxygens (including phenoxy) is 1. The van der Waals surface area contributed by atoms with E-state index < -0.39 is 29.0 Å². The number of hydrogen-bond acceptors (Lipinski definition) is 6. The molecule has 34 heavy (non-hydrogen) atoms. The predicted molar refractivity (Wildman–Crippen MR) is 115 cm³/mol. The van der Waals surface area contributed by atoms with Crippen molar-refractivity contribution in [3.05, 3.63) is 64.2 Å². The van der Waals surface area contributed by atoms with Gasteiger partial charge in [-0.05, 0) is 35.4 Å². The van der Waals surface area contributed by atoms with E-state index in [1.165, 1.54) is 18.1 Å². The molecule has 3 aliphatic rings. The summed E-state index contributed by atoms with van der Waals surface area (Å²) < 4.78 is 25.8. The summed E-state index contributed by atoms with van der Waals surface area (Å²) in [7, 11) is 1.31. The summed E-state index contributed by atoms with van der Waals surface area (Å²) in [5.41, 5.74) is 0.605. The Labute approximate surface area is 191 Å². The topological polar surface area (TPSA) is 118 Å². The number of imide groups is 1. The van der Waals surface area contributed by atoms with E-state index in [1.54, 1.807) is 24.3 Å². The van der Waals surface area contributed by atoms with Gasteiger partial charge >= 0.3 is 0 Å². The molecule has 10 heteroatoms. The molecule has 2 N–H and O–H groups in total. The van der Waals surface area contributed by atoms with E-state index in [0.717, 1.165) is 5.56 Å². The minimum atomic E-state index is -1.49. The summed E-state index contributed by atoms with van der Waals surface area (Å²) in [6.45, 7) is 0.217. The van der Waals surface area contributed by atoms with Crippen LogP contribution in [0.1, 0.15) is 44.0 Å². The van der Waals surface area contributed by atoms with Gasteiger partial charge in [0.15, 0.2) is 11.6 Å². The Hall–Kier alpha value is -4.21. The number of fused-ring (bicyclic) bond motifs is 4. The predicted octanol–water partition coefficient (Wildman–Crippen LogP) is 1.76. The molecule has 1 aromatic heterocycles. The zero-order valence-electron chi connectivity index (χ0n) is 18.0. The zero-order chi connectivity index (χ0) is 23.8. The van der Waals surface area contributed by atoms with Crippen molar-refractivity contribution in [2.75, 3.05) is 13.7 Å². The molecule has 0 unspecified atom stereocenters. The van der Waals surface area contributed by atoms with Crippen LogP contribution in [0.4, 0.5) is 4.39 Å². The Bertz CT molecular complexity index is 1460. The van der Waals surface area contributed by atoms with Crippen LogP contribution in [0, 0.1) is 5.82 Å². The summed E-state index contributed by atoms with van der Waals surface area (Å²) in [5, 5.41) is 5.73. The summed E-state index contributed by atoms with van der Waals surface area (Å²) >= 11 is 0. The van der Waals surface area contributed by atoms with E-state index >= 15 is 0 Å². The molecule has 0 aliphatic carbocycles. The van der Waals surface area contributed by atoms with Gasteiger partial charge in [0.25, 0.3) is 11.8 Å². The molecule has 1 saturated heterocycles. The quantitative estimate of drug-likeness (QED) is 0.570. The van der Waals surface area contributed by atoms with Crippen LogP contribution in [0.25, 0.3) is 11.0 Å². The number of carbonyl (C=O) groups is 4. The first-order valence-electron chi connectivity index (χ1n) is 10.7. The largest absolute Gasteiger partial charge is 0.494 e. The molecular weight excluding hydrogens is 445 g/mol. The second kappa shape index (κ2) is 6.89. The highest BCUT2D eigenvalue weighted by Crippen LogP contribution is 2.41. The number of hydrogen-bond donors (Lipinski definition) is 2. The maximum Gasteiger partial charge on any atom is 0.257 e. The Morgan fingerprint density at radius 1 is 1.18 bits per heavy atom. The molecule has 4 amide bonds. The molecule has 0 saturated carbocycles. The van der Waals surface area contributed by atoms with Crippen molar-refractivity contribution in [3.8, 4) is 5.75 Å². The Kier molecular flexibility index (Phi) is 4.14. The van der Waals surface area contributed by atoms with Gasteiger partial charge in [0.05, 0.1) is 19.1 Å². The molecular formula is C24H18FN3O6. The third-order valence-electron chi connectivity index (χ3n) is 6.84. The highest BCUT2D eigenvalue weighted by atomic mass is 19.1. The highest BCUT2D eigenvalue weighted by Gasteiger charge is 2.53. The highest BCUT2D eigenvalue weighted by molar-refractivity contribution is 6.10. The lowest BCUT2D eigenvalue weighted by Gasteiger charge is -2.28. The number of furan rings is 1. The number of rotatable bonds is 4. The minimum absolute atomic E-state index is 0.0493. The van der Waals surface area contributed by atoms with Crippen molar-refractivity contribution in [3.63, 3.8) is 0 Å². The van der Waals surface area contributed by atoms with Crippen molar-refractivity contribution in [1.29, 1.82) is 0 Å². The minimum Gasteiger partial charge on any atom is -0.494 e. The van der Waals surface area contributed by atoms with E-state index in [4.69, 9.17) is 9.15 Å². The second-order valence-corrected chi connectivity index (χ2v) is 8.71. The smallest absolute Gasteiger partial charge is 0.257 e. The average Bonchev–Trinajstić information content (AvgIpc) is 3.54. The van der Waals surface area contributed by atoms with Gasteiger partial charge < -0.3 is 19.4 Å². The van der Waals surface area contributed by atoms with Crippen LogP contribution in [0.3, 0.4) is 0 Å². The lowest BCUT2D eigenvalue weighted by Crippen LogP contribution is -2.46. The van der Waals surface area contributed by atoms with Crippen LogP contribution in [-0.4, -0.2) is 42.2 Å². The summed E-state index contributed by atoms with van der Waals surface area (Å²) in [4.78, 5) is 51.9. The van der Waals surface area contributed by atoms with E-state index in [2.05, 4.69) is 10.6 Å². The number of amides is 4. The lowest BCUT2D eigenvalue weighted by atomic mass is 9.82. The SMILES string of the molecule is COc1ccc2c(c1F)C(=O)N(C[C@@]1(c3cc4c5c(ccc4o3)C(=O)NC5)CC(=O)NC1=O)C2. The van der Waals surface area contributed by atoms with Crippen LogP contribution < -0.4 is 15.4 Å². The number of nitrogens with one attached hydrogen (secondary N) is 2. The fraction of sp³-hybridized carbons (Fsp3) is 0.250. The molecule has 2 aromatic carbocycles. The number of benzene rings is 2. The third-order valence-corrected chi connectivity index (χ3v) is 6.84. The van der Waals surface area contributed by atoms with Crippen molar-refractivity contribution in [1.82, 2.24) is 15.5 Å². The fourth-order valence-electron chi connectivity index (χ4n) is 5.13. The van der Waals surface area contributed by atoms with Crippen LogP contribution >= 0.6 is 0 Å². The molecule has 1 fully saturated rings. The van der Waals surface area contributed by atoms with Crippen molar-refractivity contribution in [2.45, 2.75) is 24.9 Å². The van der Waals surface area contributed by atoms with Gasteiger partial charge in [0.1, 0.15) is 16.8 Å². The molecule has 0 bridgehead atoms. The maximum atomic E-state index is 14.8. The summed E-state index contributed by atoms with van der Waals surface area (Å²) in [6, 6.07) is 8.00. The third kappa shape index (κ3) is 2.65. The number of nitrogens with zero attached hydrogens (tertiary/aromatic N) is 1. The van der Waals surface area contributed by atoms with Gasteiger partial charge in [0, 0.05) is 30.6 Å². The van der Waals surface area contributed by atoms with Gasteiger partial charge in [-0.15, -0.1) is 0 Å². The molecule has 9 nitrogen and oxygen atoms in total. The van der Waals surface area contributed by atoms with Crippen molar-refractivity contribution < 1.29 is 32.7 Å². The van der Waals surface area contributed by atoms with E-state index in [9.17, 15) is 23.6 Å². The molecule has 172 valence electrons. The van der Waals surface area contributed by atoms with Crippen molar-refractivity contribution >= 4 is 34.6 Å². The average molecular weight is 463 g/mol. The summed E-state index contributed by atoms with van der Waals surface area (Å²) in [6.07, 6.45) is -0.225. The normalized spacial score (nSPS) is 21.2. The zero-order valence-corrected chi connectivity index (χ0v) is 18.0. The van der Waals surface area contributed by atoms with E-state index in [1.807, 2.05) is 0 Å². The number of halogens is 1. The molecule has 3 aromatic rings. The van der Waals surface area contributed by atoms with Gasteiger partial charge in [-0.2, -0.15) is 0 Å². The van der Waals surface area contributed by atoms with Crippen LogP contribution in [0.5, 0.6) is 5.75 Å². The molecule has 3 aliphatic heterocycles. The first kappa shape index (κ1) is 20.4. The monoisotopic (exact) mass is 463 g/mol. The maximum absolute atomic E-state index is 14.8. The second-order valence-electron chi connectivity index (χ2n) is 8.71. The standard InChI is InChI=1S/C24H18FN3O6/c1-33-16-4-2-11-9-28(22(31)19(11)20(16)25)10-24(7-18(29)27-23(24)32)17-6-13-14-8-26-21(30)12(14)3-5-15(13)34-17/h2-6H,7-10H2,1H3,(H,26,30)(H,27,29,32)/t24-/m1/s1. The van der Waals surface area contributed by atoms with Gasteiger partial charge in [-0.1, -0.05) is 6.07 Å². The van der Waals surface area contributed by atoms with Gasteiger partial charge in [0.2, 0.25) is 11.8 Å². The lowest BCUT2D eigenvalue weighted by molar-refractivity contribution is -0.127. The van der Waals surface area contributed by atoms with E-state index in [0.29, 0.717) is 28.6 Å². The van der Waals surface area contributed by atoms with Crippen LogP contribution in [0.15, 0.2) is 34.7 Å². The van der Waals surface area contributed by atoms with Crippen molar-refractivity contribution in [2.24, 2.45) is 0 Å². The number of methoxy groups -OCH3 is 1. The first-order chi connectivity index (χ1) is 16.3. The Balaban J connectivity index is 1.43. The summed E-state index contributed by atoms with van der Waals surface area (Å²) in [5.74, 6) is -2.48. The van der Waals surface area contributed by atoms with Gasteiger partial charge in [-0.25, -0.2) is 4.39 Å². The fourth-order valence-corrected chi connectivity index (χ4v) is 5.13. The molecule has 6 rings (SSSR count). The van der Waals surface area contributed by atoms with Gasteiger partial charge in [-0.3, -0.25) is 24.5 Å². The molecule has 4 heterocycles. The number of carbonyl (C=O) groups excluding carboxylic acids is 4.